The van der Waals surface area contributed by atoms with Gasteiger partial charge < -0.3 is 20.1 Å². The van der Waals surface area contributed by atoms with Crippen molar-refractivity contribution in [2.24, 2.45) is 4.99 Å². The molecule has 31 heavy (non-hydrogen) atoms. The summed E-state index contributed by atoms with van der Waals surface area (Å²) >= 11 is 0. The second-order valence-corrected chi connectivity index (χ2v) is 8.68. The highest BCUT2D eigenvalue weighted by Gasteiger charge is 2.26. The van der Waals surface area contributed by atoms with E-state index in [4.69, 9.17) is 0 Å². The van der Waals surface area contributed by atoms with E-state index in [1.165, 1.54) is 19.3 Å². The highest BCUT2D eigenvalue weighted by atomic mass is 127. The van der Waals surface area contributed by atoms with Gasteiger partial charge in [0.05, 0.1) is 6.54 Å². The summed E-state index contributed by atoms with van der Waals surface area (Å²) in [4.78, 5) is 21.0. The van der Waals surface area contributed by atoms with E-state index < -0.39 is 0 Å². The van der Waals surface area contributed by atoms with E-state index in [9.17, 15) is 4.79 Å². The molecule has 0 aromatic carbocycles. The Labute approximate surface area is 202 Å². The van der Waals surface area contributed by atoms with Crippen molar-refractivity contribution < 1.29 is 4.79 Å². The second-order valence-electron chi connectivity index (χ2n) is 8.68. The number of fused-ring (bicyclic) bond motifs is 1. The lowest BCUT2D eigenvalue weighted by molar-refractivity contribution is -0.122. The molecule has 0 bridgehead atoms. The van der Waals surface area contributed by atoms with Crippen LogP contribution < -0.4 is 10.6 Å². The number of carbonyl (C=O) groups is 1. The first-order chi connectivity index (χ1) is 14.7. The zero-order valence-corrected chi connectivity index (χ0v) is 21.0. The maximum absolute atomic E-state index is 12.0. The van der Waals surface area contributed by atoms with Gasteiger partial charge in [0, 0.05) is 65.2 Å². The van der Waals surface area contributed by atoms with Crippen LogP contribution in [0.15, 0.2) is 4.99 Å². The van der Waals surface area contributed by atoms with Crippen LogP contribution in [0.4, 0.5) is 0 Å². The highest BCUT2D eigenvalue weighted by molar-refractivity contribution is 14.0. The van der Waals surface area contributed by atoms with Crippen molar-refractivity contribution in [3.63, 3.8) is 0 Å². The molecule has 1 aliphatic carbocycles. The lowest BCUT2D eigenvalue weighted by atomic mass is 10.2. The summed E-state index contributed by atoms with van der Waals surface area (Å²) in [5.74, 6) is 3.41. The molecule has 0 unspecified atom stereocenters. The topological polar surface area (TPSA) is 90.7 Å². The number of nitrogens with one attached hydrogen (secondary N) is 2. The Hall–Kier alpha value is -1.43. The molecule has 2 aliphatic heterocycles. The average molecular weight is 544 g/mol. The Bertz CT molecular complexity index is 740. The average Bonchev–Trinajstić information content (AvgIpc) is 3.53. The smallest absolute Gasteiger partial charge is 0.234 e. The predicted molar refractivity (Wildman–Crippen MR) is 132 cm³/mol. The predicted octanol–water partition coefficient (Wildman–Crippen LogP) is 1.03. The monoisotopic (exact) mass is 544 g/mol. The maximum Gasteiger partial charge on any atom is 0.234 e. The van der Waals surface area contributed by atoms with E-state index >= 15 is 0 Å². The minimum absolute atomic E-state index is 0. The van der Waals surface area contributed by atoms with Crippen LogP contribution >= 0.6 is 24.0 Å². The Morgan fingerprint density at radius 1 is 1.10 bits per heavy atom. The van der Waals surface area contributed by atoms with Gasteiger partial charge in [-0.25, -0.2) is 0 Å². The van der Waals surface area contributed by atoms with Crippen LogP contribution in [0.5, 0.6) is 0 Å². The van der Waals surface area contributed by atoms with Gasteiger partial charge in [-0.3, -0.25) is 14.7 Å². The Kier molecular flexibility index (Phi) is 9.36. The van der Waals surface area contributed by atoms with E-state index in [1.54, 1.807) is 0 Å². The molecule has 0 spiro atoms. The number of carbonyl (C=O) groups excluding carboxylic acids is 1. The molecule has 2 N–H and O–H groups in total. The molecule has 1 saturated carbocycles. The van der Waals surface area contributed by atoms with Crippen LogP contribution in [0.25, 0.3) is 0 Å². The Morgan fingerprint density at radius 2 is 1.90 bits per heavy atom. The van der Waals surface area contributed by atoms with Gasteiger partial charge in [-0.2, -0.15) is 0 Å². The van der Waals surface area contributed by atoms with Crippen molar-refractivity contribution in [1.82, 2.24) is 35.2 Å². The fraction of sp³-hybridized carbons (Fsp3) is 0.810. The number of piperazine rings is 1. The van der Waals surface area contributed by atoms with Crippen molar-refractivity contribution in [2.75, 3.05) is 46.3 Å². The summed E-state index contributed by atoms with van der Waals surface area (Å²) in [5, 5.41) is 15.4. The minimum atomic E-state index is 0. The SMILES string of the molecule is CN=C(NCCCc1nnc2n1CCCCC2)N1CCN(CC(=O)NC2CC2)CC1.I. The van der Waals surface area contributed by atoms with Crippen LogP contribution in [0, 0.1) is 0 Å². The molecule has 4 rings (SSSR count). The van der Waals surface area contributed by atoms with Gasteiger partial charge in [-0.15, -0.1) is 34.2 Å². The van der Waals surface area contributed by atoms with Gasteiger partial charge in [0.1, 0.15) is 11.6 Å². The number of hydrogen-bond acceptors (Lipinski definition) is 5. The summed E-state index contributed by atoms with van der Waals surface area (Å²) in [6.07, 6.45) is 9.05. The van der Waals surface area contributed by atoms with E-state index in [0.29, 0.717) is 12.6 Å². The molecule has 2 fully saturated rings. The number of halogens is 1. The molecule has 3 heterocycles. The van der Waals surface area contributed by atoms with Crippen LogP contribution in [0.1, 0.15) is 50.2 Å². The molecule has 10 heteroatoms. The second kappa shape index (κ2) is 12.0. The number of rotatable bonds is 7. The molecule has 1 saturated heterocycles. The fourth-order valence-corrected chi connectivity index (χ4v) is 4.33. The van der Waals surface area contributed by atoms with E-state index in [1.807, 2.05) is 7.05 Å². The summed E-state index contributed by atoms with van der Waals surface area (Å²) < 4.78 is 2.33. The summed E-state index contributed by atoms with van der Waals surface area (Å²) in [6, 6.07) is 0.439. The first kappa shape index (κ1) is 24.2. The van der Waals surface area contributed by atoms with Crippen molar-refractivity contribution >= 4 is 35.8 Å². The third-order valence-corrected chi connectivity index (χ3v) is 6.24. The molecule has 9 nitrogen and oxygen atoms in total. The lowest BCUT2D eigenvalue weighted by Gasteiger charge is -2.36. The third kappa shape index (κ3) is 7.03. The number of hydrogen-bond donors (Lipinski definition) is 2. The Balaban J connectivity index is 0.00000272. The van der Waals surface area contributed by atoms with Gasteiger partial charge in [0.15, 0.2) is 5.96 Å². The van der Waals surface area contributed by atoms with Crippen molar-refractivity contribution in [3.05, 3.63) is 11.6 Å². The van der Waals surface area contributed by atoms with E-state index in [-0.39, 0.29) is 29.9 Å². The van der Waals surface area contributed by atoms with Gasteiger partial charge in [-0.1, -0.05) is 6.42 Å². The highest BCUT2D eigenvalue weighted by Crippen LogP contribution is 2.18. The van der Waals surface area contributed by atoms with Crippen LogP contribution in [0.2, 0.25) is 0 Å². The molecule has 174 valence electrons. The van der Waals surface area contributed by atoms with Gasteiger partial charge in [0.2, 0.25) is 5.91 Å². The zero-order chi connectivity index (χ0) is 20.8. The lowest BCUT2D eigenvalue weighted by Crippen LogP contribution is -2.54. The Morgan fingerprint density at radius 3 is 2.65 bits per heavy atom. The maximum atomic E-state index is 12.0. The number of nitrogens with zero attached hydrogens (tertiary/aromatic N) is 6. The standard InChI is InChI=1S/C21H36N8O.HI/c1-22-21(28-14-12-27(13-15-28)16-20(30)24-17-8-9-17)23-10-5-7-19-26-25-18-6-3-2-4-11-29(18)19;/h17H,2-16H2,1H3,(H,22,23)(H,24,30);1H. The van der Waals surface area contributed by atoms with Crippen LogP contribution in [-0.4, -0.2) is 88.8 Å². The molecule has 1 aromatic heterocycles. The normalized spacial score (nSPS) is 19.9. The number of guanidine groups is 1. The summed E-state index contributed by atoms with van der Waals surface area (Å²) in [6.45, 7) is 6.03. The fourth-order valence-electron chi connectivity index (χ4n) is 4.33. The number of aliphatic imine (C=N–C) groups is 1. The van der Waals surface area contributed by atoms with Crippen molar-refractivity contribution in [1.29, 1.82) is 0 Å². The molecule has 0 radical (unpaired) electrons. The molecular weight excluding hydrogens is 507 g/mol. The largest absolute Gasteiger partial charge is 0.356 e. The minimum Gasteiger partial charge on any atom is -0.356 e. The van der Waals surface area contributed by atoms with Gasteiger partial charge in [-0.05, 0) is 32.1 Å². The molecule has 0 atom stereocenters. The quantitative estimate of drug-likeness (QED) is 0.231. The van der Waals surface area contributed by atoms with Crippen molar-refractivity contribution in [3.8, 4) is 0 Å². The van der Waals surface area contributed by atoms with E-state index in [0.717, 1.165) is 89.0 Å². The molecular formula is C21H37IN8O. The van der Waals surface area contributed by atoms with Gasteiger partial charge in [0.25, 0.3) is 0 Å². The molecule has 1 aromatic rings. The van der Waals surface area contributed by atoms with Crippen LogP contribution in [-0.2, 0) is 24.2 Å². The third-order valence-electron chi connectivity index (χ3n) is 6.24. The van der Waals surface area contributed by atoms with Crippen LogP contribution in [0.3, 0.4) is 0 Å². The molecule has 1 amide bonds. The summed E-state index contributed by atoms with van der Waals surface area (Å²) in [5.41, 5.74) is 0. The van der Waals surface area contributed by atoms with Gasteiger partial charge >= 0.3 is 0 Å². The first-order valence-corrected chi connectivity index (χ1v) is 11.6. The number of aryl methyl sites for hydroxylation is 2. The van der Waals surface area contributed by atoms with Crippen molar-refractivity contribution in [2.45, 2.75) is 64.0 Å². The number of amides is 1. The number of aromatic nitrogens is 3. The molecule has 3 aliphatic rings. The zero-order valence-electron chi connectivity index (χ0n) is 18.7. The summed E-state index contributed by atoms with van der Waals surface area (Å²) in [7, 11) is 1.84. The first-order valence-electron chi connectivity index (χ1n) is 11.6. The van der Waals surface area contributed by atoms with E-state index in [2.05, 4.69) is 40.2 Å².